The maximum atomic E-state index is 11.6. The summed E-state index contributed by atoms with van der Waals surface area (Å²) >= 11 is 0. The minimum Gasteiger partial charge on any atom is -0.481 e. The minimum absolute atomic E-state index is 0.000107. The molecule has 0 unspecified atom stereocenters. The van der Waals surface area contributed by atoms with Crippen LogP contribution in [0.1, 0.15) is 51.9 Å². The van der Waals surface area contributed by atoms with E-state index in [2.05, 4.69) is 22.1 Å². The molecule has 7 heteroatoms. The van der Waals surface area contributed by atoms with Crippen LogP contribution >= 0.6 is 0 Å². The number of ether oxygens (including phenoxy) is 1. The third kappa shape index (κ3) is 9.72. The molecule has 0 aromatic heterocycles. The number of nitrogens with zero attached hydrogens (tertiary/aromatic N) is 1. The van der Waals surface area contributed by atoms with E-state index >= 15 is 0 Å². The molecule has 1 amide bonds. The first kappa shape index (κ1) is 21.0. The molecule has 1 fully saturated rings. The predicted molar refractivity (Wildman–Crippen MR) is 93.1 cm³/mol. The van der Waals surface area contributed by atoms with E-state index in [-0.39, 0.29) is 31.4 Å². The Morgan fingerprint density at radius 2 is 2.08 bits per heavy atom. The first-order valence-electron chi connectivity index (χ1n) is 8.86. The fourth-order valence-corrected chi connectivity index (χ4v) is 2.63. The molecule has 140 valence electrons. The highest BCUT2D eigenvalue weighted by Gasteiger charge is 2.24. The number of hydrogen-bond acceptors (Lipinski definition) is 5. The summed E-state index contributed by atoms with van der Waals surface area (Å²) < 4.78 is 5.20. The average molecular weight is 352 g/mol. The molecular formula is C18H28N2O5. The standard InChI is InChI=1S/C18H28N2O5/c1-2-8-16(21)13-19-18(24)25-14-15-9-7-12-20(15)11-6-4-3-5-10-17(22)23/h15H,2-3,5,7-14H2,1H3,(H,19,24)(H,22,23)/t15-/m1/s1. The van der Waals surface area contributed by atoms with Gasteiger partial charge in [0.1, 0.15) is 6.61 Å². The number of carboxylic acid groups (broad SMARTS) is 1. The molecule has 0 bridgehead atoms. The Bertz CT molecular complexity index is 509. The van der Waals surface area contributed by atoms with Gasteiger partial charge >= 0.3 is 12.1 Å². The van der Waals surface area contributed by atoms with Crippen LogP contribution in [0.5, 0.6) is 0 Å². The number of carbonyl (C=O) groups is 3. The van der Waals surface area contributed by atoms with Crippen molar-refractivity contribution in [3.05, 3.63) is 0 Å². The fourth-order valence-electron chi connectivity index (χ4n) is 2.63. The number of aliphatic carboxylic acids is 1. The smallest absolute Gasteiger partial charge is 0.407 e. The van der Waals surface area contributed by atoms with Crippen LogP contribution in [0.3, 0.4) is 0 Å². The number of unbranched alkanes of at least 4 members (excludes halogenated alkanes) is 1. The summed E-state index contributed by atoms with van der Waals surface area (Å²) in [5, 5.41) is 11.0. The maximum Gasteiger partial charge on any atom is 0.407 e. The van der Waals surface area contributed by atoms with E-state index in [1.54, 1.807) is 0 Å². The molecule has 1 heterocycles. The Morgan fingerprint density at radius 3 is 2.80 bits per heavy atom. The van der Waals surface area contributed by atoms with Crippen LogP contribution in [-0.4, -0.2) is 60.1 Å². The lowest BCUT2D eigenvalue weighted by Crippen LogP contribution is -2.37. The van der Waals surface area contributed by atoms with E-state index in [0.29, 0.717) is 25.8 Å². The second kappa shape index (κ2) is 12.3. The first-order chi connectivity index (χ1) is 12.0. The highest BCUT2D eigenvalue weighted by molar-refractivity contribution is 5.83. The molecule has 0 radical (unpaired) electrons. The summed E-state index contributed by atoms with van der Waals surface area (Å²) in [5.41, 5.74) is 0. The molecule has 0 aromatic rings. The molecule has 2 N–H and O–H groups in total. The van der Waals surface area contributed by atoms with Crippen molar-refractivity contribution in [3.63, 3.8) is 0 Å². The van der Waals surface area contributed by atoms with Gasteiger partial charge in [-0.25, -0.2) is 4.79 Å². The SMILES string of the molecule is CCCC(=O)CNC(=O)OC[C@H]1CCCN1CC#CCCCC(=O)O. The van der Waals surface area contributed by atoms with Crippen LogP contribution in [0.2, 0.25) is 0 Å². The lowest BCUT2D eigenvalue weighted by molar-refractivity contribution is -0.137. The van der Waals surface area contributed by atoms with E-state index in [1.807, 2.05) is 6.92 Å². The molecule has 7 nitrogen and oxygen atoms in total. The average Bonchev–Trinajstić information content (AvgIpc) is 3.01. The Kier molecular flexibility index (Phi) is 10.3. The van der Waals surface area contributed by atoms with Gasteiger partial charge in [-0.05, 0) is 32.2 Å². The number of carbonyl (C=O) groups excluding carboxylic acids is 2. The minimum atomic E-state index is -0.798. The van der Waals surface area contributed by atoms with Crippen LogP contribution in [0.15, 0.2) is 0 Å². The van der Waals surface area contributed by atoms with Gasteiger partial charge < -0.3 is 15.2 Å². The fraction of sp³-hybridized carbons (Fsp3) is 0.722. The van der Waals surface area contributed by atoms with Gasteiger partial charge in [-0.15, -0.1) is 5.92 Å². The Labute approximate surface area is 149 Å². The summed E-state index contributed by atoms with van der Waals surface area (Å²) in [4.78, 5) is 35.6. The maximum absolute atomic E-state index is 11.6. The highest BCUT2D eigenvalue weighted by Crippen LogP contribution is 2.16. The summed E-state index contributed by atoms with van der Waals surface area (Å²) in [5.74, 6) is 5.24. The topological polar surface area (TPSA) is 95.9 Å². The monoisotopic (exact) mass is 352 g/mol. The molecule has 1 aliphatic rings. The van der Waals surface area contributed by atoms with Gasteiger partial charge in [0.15, 0.2) is 5.78 Å². The lowest BCUT2D eigenvalue weighted by atomic mass is 10.2. The van der Waals surface area contributed by atoms with Crippen molar-refractivity contribution in [3.8, 4) is 11.8 Å². The molecule has 0 saturated carbocycles. The van der Waals surface area contributed by atoms with Crippen LogP contribution in [0.25, 0.3) is 0 Å². The van der Waals surface area contributed by atoms with Gasteiger partial charge in [0, 0.05) is 25.3 Å². The van der Waals surface area contributed by atoms with Crippen LogP contribution in [0.4, 0.5) is 4.79 Å². The van der Waals surface area contributed by atoms with Crippen molar-refractivity contribution in [2.24, 2.45) is 0 Å². The van der Waals surface area contributed by atoms with Crippen molar-refractivity contribution in [2.45, 2.75) is 57.9 Å². The number of ketones is 1. The quantitative estimate of drug-likeness (QED) is 0.460. The normalized spacial score (nSPS) is 16.8. The molecule has 0 aromatic carbocycles. The summed E-state index contributed by atoms with van der Waals surface area (Å²) in [7, 11) is 0. The van der Waals surface area contributed by atoms with Crippen molar-refractivity contribution >= 4 is 17.8 Å². The predicted octanol–water partition coefficient (Wildman–Crippen LogP) is 1.80. The lowest BCUT2D eigenvalue weighted by Gasteiger charge is -2.21. The van der Waals surface area contributed by atoms with Gasteiger partial charge in [-0.1, -0.05) is 12.8 Å². The van der Waals surface area contributed by atoms with E-state index in [4.69, 9.17) is 9.84 Å². The largest absolute Gasteiger partial charge is 0.481 e. The molecule has 1 saturated heterocycles. The zero-order chi connectivity index (χ0) is 18.5. The second-order valence-electron chi connectivity index (χ2n) is 6.11. The number of Topliss-reactive ketones (excluding diaryl/α,β-unsaturated/α-hetero) is 1. The molecule has 0 aliphatic carbocycles. The Hall–Kier alpha value is -2.07. The molecule has 1 atom stereocenters. The Balaban J connectivity index is 2.22. The number of hydrogen-bond donors (Lipinski definition) is 2. The molecule has 0 spiro atoms. The highest BCUT2D eigenvalue weighted by atomic mass is 16.5. The van der Waals surface area contributed by atoms with Gasteiger partial charge in [-0.2, -0.15) is 0 Å². The zero-order valence-corrected chi connectivity index (χ0v) is 14.9. The van der Waals surface area contributed by atoms with Gasteiger partial charge in [0.25, 0.3) is 0 Å². The van der Waals surface area contributed by atoms with Crippen molar-refractivity contribution in [2.75, 3.05) is 26.2 Å². The number of likely N-dealkylation sites (tertiary alicyclic amines) is 1. The van der Waals surface area contributed by atoms with Crippen molar-refractivity contribution in [1.29, 1.82) is 0 Å². The third-order valence-corrected chi connectivity index (χ3v) is 3.96. The number of amides is 1. The summed E-state index contributed by atoms with van der Waals surface area (Å²) in [6.07, 6.45) is 3.93. The summed E-state index contributed by atoms with van der Waals surface area (Å²) in [6.45, 7) is 3.73. The third-order valence-electron chi connectivity index (χ3n) is 3.96. The zero-order valence-electron chi connectivity index (χ0n) is 14.9. The first-order valence-corrected chi connectivity index (χ1v) is 8.86. The second-order valence-corrected chi connectivity index (χ2v) is 6.11. The number of rotatable bonds is 10. The number of alkyl carbamates (subject to hydrolysis) is 1. The Morgan fingerprint density at radius 1 is 1.28 bits per heavy atom. The van der Waals surface area contributed by atoms with Crippen LogP contribution in [0, 0.1) is 11.8 Å². The number of carboxylic acids is 1. The molecule has 1 rings (SSSR count). The van der Waals surface area contributed by atoms with Gasteiger partial charge in [0.05, 0.1) is 13.1 Å². The van der Waals surface area contributed by atoms with Gasteiger partial charge in [-0.3, -0.25) is 14.5 Å². The summed E-state index contributed by atoms with van der Waals surface area (Å²) in [6, 6.07) is 0.144. The van der Waals surface area contributed by atoms with Crippen molar-refractivity contribution in [1.82, 2.24) is 10.2 Å². The van der Waals surface area contributed by atoms with Crippen molar-refractivity contribution < 1.29 is 24.2 Å². The van der Waals surface area contributed by atoms with Crippen LogP contribution < -0.4 is 5.32 Å². The molecular weight excluding hydrogens is 324 g/mol. The van der Waals surface area contributed by atoms with E-state index in [9.17, 15) is 14.4 Å². The van der Waals surface area contributed by atoms with Gasteiger partial charge in [0.2, 0.25) is 0 Å². The molecule has 25 heavy (non-hydrogen) atoms. The van der Waals surface area contributed by atoms with E-state index in [0.717, 1.165) is 25.8 Å². The van der Waals surface area contributed by atoms with E-state index < -0.39 is 12.1 Å². The van der Waals surface area contributed by atoms with E-state index in [1.165, 1.54) is 0 Å². The molecule has 1 aliphatic heterocycles. The van der Waals surface area contributed by atoms with Crippen LogP contribution in [-0.2, 0) is 14.3 Å². The number of nitrogens with one attached hydrogen (secondary N) is 1.